The van der Waals surface area contributed by atoms with E-state index in [4.69, 9.17) is 16.3 Å². The minimum absolute atomic E-state index is 0.0389. The Labute approximate surface area is 129 Å². The Morgan fingerprint density at radius 2 is 1.90 bits per heavy atom. The molecule has 0 bridgehead atoms. The molecule has 0 aliphatic heterocycles. The molecule has 110 valence electrons. The summed E-state index contributed by atoms with van der Waals surface area (Å²) in [5.74, 6) is 0.329. The minimum Gasteiger partial charge on any atom is -0.503 e. The summed E-state index contributed by atoms with van der Waals surface area (Å²) in [5, 5.41) is 10.0. The molecule has 0 amide bonds. The van der Waals surface area contributed by atoms with Crippen LogP contribution in [-0.4, -0.2) is 17.9 Å². The summed E-state index contributed by atoms with van der Waals surface area (Å²) in [5.41, 5.74) is 2.93. The van der Waals surface area contributed by atoms with Gasteiger partial charge in [0, 0.05) is 6.21 Å². The normalized spacial score (nSPS) is 11.0. The quantitative estimate of drug-likeness (QED) is 0.809. The molecule has 2 rings (SSSR count). The zero-order valence-corrected chi connectivity index (χ0v) is 12.9. The van der Waals surface area contributed by atoms with E-state index >= 15 is 0 Å². The highest BCUT2D eigenvalue weighted by atomic mass is 35.5. The van der Waals surface area contributed by atoms with Crippen molar-refractivity contribution in [1.29, 1.82) is 0 Å². The molecule has 0 aliphatic carbocycles. The number of rotatable bonds is 5. The van der Waals surface area contributed by atoms with E-state index in [-0.39, 0.29) is 10.8 Å². The summed E-state index contributed by atoms with van der Waals surface area (Å²) in [6, 6.07) is 11.4. The van der Waals surface area contributed by atoms with Gasteiger partial charge in [0.1, 0.15) is 0 Å². The standard InChI is InChI=1S/C17H18ClNO2/c1-3-12-5-7-14(8-6-12)19-11-13-9-15(18)17(20)16(10-13)21-4-2/h5-11,20H,3-4H2,1-2H3. The summed E-state index contributed by atoms with van der Waals surface area (Å²) in [4.78, 5) is 4.40. The average molecular weight is 304 g/mol. The summed E-state index contributed by atoms with van der Waals surface area (Å²) >= 11 is 5.98. The molecular weight excluding hydrogens is 286 g/mol. The second-order valence-electron chi connectivity index (χ2n) is 4.56. The summed E-state index contributed by atoms with van der Waals surface area (Å²) < 4.78 is 5.34. The fraction of sp³-hybridized carbons (Fsp3) is 0.235. The Morgan fingerprint density at radius 3 is 2.52 bits per heavy atom. The first-order chi connectivity index (χ1) is 10.1. The molecule has 0 unspecified atom stereocenters. The van der Waals surface area contributed by atoms with E-state index in [1.165, 1.54) is 5.56 Å². The number of aliphatic imine (C=N–C) groups is 1. The Hall–Kier alpha value is -2.00. The van der Waals surface area contributed by atoms with Crippen LogP contribution in [0.25, 0.3) is 0 Å². The lowest BCUT2D eigenvalue weighted by atomic mass is 10.1. The van der Waals surface area contributed by atoms with Crippen molar-refractivity contribution in [2.75, 3.05) is 6.61 Å². The molecule has 4 heteroatoms. The van der Waals surface area contributed by atoms with Gasteiger partial charge in [-0.3, -0.25) is 4.99 Å². The maximum absolute atomic E-state index is 9.79. The minimum atomic E-state index is -0.0389. The fourth-order valence-electron chi connectivity index (χ4n) is 1.90. The molecule has 0 aromatic heterocycles. The molecule has 1 N–H and O–H groups in total. The van der Waals surface area contributed by atoms with Gasteiger partial charge in [-0.05, 0) is 48.7 Å². The first-order valence-corrected chi connectivity index (χ1v) is 7.30. The molecule has 0 atom stereocenters. The van der Waals surface area contributed by atoms with Crippen LogP contribution >= 0.6 is 11.6 Å². The van der Waals surface area contributed by atoms with Gasteiger partial charge in [-0.1, -0.05) is 30.7 Å². The van der Waals surface area contributed by atoms with Gasteiger partial charge in [-0.15, -0.1) is 0 Å². The van der Waals surface area contributed by atoms with Gasteiger partial charge in [0.2, 0.25) is 0 Å². The Bertz CT molecular complexity index is 636. The Kier molecular flexibility index (Phi) is 5.23. The van der Waals surface area contributed by atoms with Gasteiger partial charge in [0.05, 0.1) is 17.3 Å². The van der Waals surface area contributed by atoms with Crippen LogP contribution in [-0.2, 0) is 6.42 Å². The third-order valence-corrected chi connectivity index (χ3v) is 3.35. The van der Waals surface area contributed by atoms with Gasteiger partial charge in [-0.2, -0.15) is 0 Å². The van der Waals surface area contributed by atoms with Gasteiger partial charge in [-0.25, -0.2) is 0 Å². The van der Waals surface area contributed by atoms with E-state index in [1.807, 2.05) is 19.1 Å². The largest absolute Gasteiger partial charge is 0.503 e. The van der Waals surface area contributed by atoms with Crippen molar-refractivity contribution in [1.82, 2.24) is 0 Å². The number of hydrogen-bond donors (Lipinski definition) is 1. The zero-order valence-electron chi connectivity index (χ0n) is 12.1. The fourth-order valence-corrected chi connectivity index (χ4v) is 2.12. The van der Waals surface area contributed by atoms with E-state index in [9.17, 15) is 5.11 Å². The molecule has 0 heterocycles. The third kappa shape index (κ3) is 3.99. The predicted octanol–water partition coefficient (Wildman–Crippen LogP) is 4.76. The molecule has 0 fully saturated rings. The number of nitrogens with zero attached hydrogens (tertiary/aromatic N) is 1. The van der Waals surface area contributed by atoms with Crippen LogP contribution in [0.15, 0.2) is 41.4 Å². The lowest BCUT2D eigenvalue weighted by Crippen LogP contribution is -1.94. The smallest absolute Gasteiger partial charge is 0.176 e. The maximum atomic E-state index is 9.79. The van der Waals surface area contributed by atoms with Gasteiger partial charge >= 0.3 is 0 Å². The van der Waals surface area contributed by atoms with Crippen molar-refractivity contribution < 1.29 is 9.84 Å². The van der Waals surface area contributed by atoms with E-state index in [0.717, 1.165) is 17.7 Å². The van der Waals surface area contributed by atoms with E-state index in [0.29, 0.717) is 12.4 Å². The molecule has 0 saturated carbocycles. The first-order valence-electron chi connectivity index (χ1n) is 6.92. The van der Waals surface area contributed by atoms with Gasteiger partial charge in [0.25, 0.3) is 0 Å². The molecule has 2 aromatic rings. The highest BCUT2D eigenvalue weighted by molar-refractivity contribution is 6.32. The summed E-state index contributed by atoms with van der Waals surface area (Å²) in [7, 11) is 0. The molecule has 0 saturated heterocycles. The number of phenolic OH excluding ortho intramolecular Hbond substituents is 1. The van der Waals surface area contributed by atoms with Crippen LogP contribution in [0.2, 0.25) is 5.02 Å². The van der Waals surface area contributed by atoms with E-state index in [2.05, 4.69) is 24.0 Å². The molecule has 0 radical (unpaired) electrons. The number of aryl methyl sites for hydroxylation is 1. The van der Waals surface area contributed by atoms with Crippen LogP contribution < -0.4 is 4.74 Å². The number of phenols is 1. The zero-order chi connectivity index (χ0) is 15.2. The van der Waals surface area contributed by atoms with Crippen molar-refractivity contribution in [3.8, 4) is 11.5 Å². The maximum Gasteiger partial charge on any atom is 0.176 e. The SMILES string of the molecule is CCOc1cc(C=Nc2ccc(CC)cc2)cc(Cl)c1O. The average Bonchev–Trinajstić information content (AvgIpc) is 2.50. The number of aromatic hydroxyl groups is 1. The topological polar surface area (TPSA) is 41.8 Å². The molecule has 21 heavy (non-hydrogen) atoms. The second-order valence-corrected chi connectivity index (χ2v) is 4.97. The summed E-state index contributed by atoms with van der Waals surface area (Å²) in [6.45, 7) is 4.43. The number of benzene rings is 2. The van der Waals surface area contributed by atoms with Crippen molar-refractivity contribution in [3.63, 3.8) is 0 Å². The van der Waals surface area contributed by atoms with Crippen LogP contribution in [0.4, 0.5) is 5.69 Å². The lowest BCUT2D eigenvalue weighted by molar-refractivity contribution is 0.318. The van der Waals surface area contributed by atoms with E-state index < -0.39 is 0 Å². The highest BCUT2D eigenvalue weighted by Crippen LogP contribution is 2.34. The molecule has 2 aromatic carbocycles. The lowest BCUT2D eigenvalue weighted by Gasteiger charge is -2.08. The molecular formula is C17H18ClNO2. The number of halogens is 1. The molecule has 3 nitrogen and oxygen atoms in total. The second kappa shape index (κ2) is 7.14. The van der Waals surface area contributed by atoms with Crippen molar-refractivity contribution in [2.24, 2.45) is 4.99 Å². The van der Waals surface area contributed by atoms with E-state index in [1.54, 1.807) is 18.3 Å². The first kappa shape index (κ1) is 15.4. The van der Waals surface area contributed by atoms with Crippen LogP contribution in [0.1, 0.15) is 25.0 Å². The van der Waals surface area contributed by atoms with Crippen LogP contribution in [0.3, 0.4) is 0 Å². The highest BCUT2D eigenvalue weighted by Gasteiger charge is 2.08. The number of ether oxygens (including phenoxy) is 1. The summed E-state index contributed by atoms with van der Waals surface area (Å²) in [6.07, 6.45) is 2.71. The Morgan fingerprint density at radius 1 is 1.19 bits per heavy atom. The Balaban J connectivity index is 2.23. The van der Waals surface area contributed by atoms with Crippen molar-refractivity contribution >= 4 is 23.5 Å². The van der Waals surface area contributed by atoms with Crippen LogP contribution in [0.5, 0.6) is 11.5 Å². The molecule has 0 aliphatic rings. The third-order valence-electron chi connectivity index (χ3n) is 3.06. The van der Waals surface area contributed by atoms with Crippen molar-refractivity contribution in [2.45, 2.75) is 20.3 Å². The van der Waals surface area contributed by atoms with Crippen molar-refractivity contribution in [3.05, 3.63) is 52.5 Å². The van der Waals surface area contributed by atoms with Crippen LogP contribution in [0, 0.1) is 0 Å². The van der Waals surface area contributed by atoms with Gasteiger partial charge in [0.15, 0.2) is 11.5 Å². The predicted molar refractivity (Wildman–Crippen MR) is 87.4 cm³/mol. The molecule has 0 spiro atoms. The number of hydrogen-bond acceptors (Lipinski definition) is 3. The monoisotopic (exact) mass is 303 g/mol. The van der Waals surface area contributed by atoms with Gasteiger partial charge < -0.3 is 9.84 Å².